The van der Waals surface area contributed by atoms with Gasteiger partial charge in [-0.25, -0.2) is 4.98 Å². The average molecular weight is 399 g/mol. The molecular formula is C25H22N2OS. The van der Waals surface area contributed by atoms with E-state index in [-0.39, 0.29) is 5.91 Å². The van der Waals surface area contributed by atoms with E-state index < -0.39 is 0 Å². The van der Waals surface area contributed by atoms with Crippen molar-refractivity contribution in [3.05, 3.63) is 95.4 Å². The van der Waals surface area contributed by atoms with Crippen LogP contribution in [0.15, 0.2) is 84.2 Å². The lowest BCUT2D eigenvalue weighted by Crippen LogP contribution is -2.14. The van der Waals surface area contributed by atoms with Crippen LogP contribution in [0.4, 0.5) is 5.13 Å². The van der Waals surface area contributed by atoms with E-state index >= 15 is 0 Å². The van der Waals surface area contributed by atoms with E-state index in [2.05, 4.69) is 65.8 Å². The first-order valence-corrected chi connectivity index (χ1v) is 10.6. The van der Waals surface area contributed by atoms with E-state index in [0.29, 0.717) is 11.6 Å². The number of rotatable bonds is 6. The first kappa shape index (κ1) is 19.1. The quantitative estimate of drug-likeness (QED) is 0.419. The van der Waals surface area contributed by atoms with Gasteiger partial charge >= 0.3 is 0 Å². The maximum atomic E-state index is 12.3. The lowest BCUT2D eigenvalue weighted by atomic mass is 10.0. The van der Waals surface area contributed by atoms with Crippen LogP contribution in [0.3, 0.4) is 0 Å². The SMILES string of the molecule is CCc1ccc(CC(=O)Nc2nc(-c3ccc(-c4ccccc4)cc3)cs2)cc1. The zero-order valence-electron chi connectivity index (χ0n) is 16.3. The van der Waals surface area contributed by atoms with Gasteiger partial charge in [-0.2, -0.15) is 0 Å². The van der Waals surface area contributed by atoms with Crippen LogP contribution in [0.25, 0.3) is 22.4 Å². The summed E-state index contributed by atoms with van der Waals surface area (Å²) < 4.78 is 0. The summed E-state index contributed by atoms with van der Waals surface area (Å²) in [7, 11) is 0. The Morgan fingerprint density at radius 3 is 2.14 bits per heavy atom. The lowest BCUT2D eigenvalue weighted by molar-refractivity contribution is -0.115. The van der Waals surface area contributed by atoms with Gasteiger partial charge in [-0.05, 0) is 28.7 Å². The van der Waals surface area contributed by atoms with Crippen molar-refractivity contribution in [3.63, 3.8) is 0 Å². The van der Waals surface area contributed by atoms with E-state index in [9.17, 15) is 4.79 Å². The lowest BCUT2D eigenvalue weighted by Gasteiger charge is -2.04. The predicted octanol–water partition coefficient (Wildman–Crippen LogP) is 6.22. The fourth-order valence-electron chi connectivity index (χ4n) is 3.17. The number of nitrogens with zero attached hydrogens (tertiary/aromatic N) is 1. The minimum atomic E-state index is -0.0467. The number of amides is 1. The van der Waals surface area contributed by atoms with Crippen LogP contribution < -0.4 is 5.32 Å². The topological polar surface area (TPSA) is 42.0 Å². The molecule has 144 valence electrons. The molecule has 0 bridgehead atoms. The molecular weight excluding hydrogens is 376 g/mol. The van der Waals surface area contributed by atoms with Gasteiger partial charge in [0.1, 0.15) is 0 Å². The molecule has 4 aromatic rings. The smallest absolute Gasteiger partial charge is 0.230 e. The molecule has 0 aliphatic carbocycles. The summed E-state index contributed by atoms with van der Waals surface area (Å²) in [5.74, 6) is -0.0467. The molecule has 0 aliphatic heterocycles. The molecule has 1 aromatic heterocycles. The molecule has 1 N–H and O–H groups in total. The molecule has 1 amide bonds. The molecule has 0 saturated heterocycles. The van der Waals surface area contributed by atoms with E-state index in [1.54, 1.807) is 0 Å². The van der Waals surface area contributed by atoms with Gasteiger partial charge in [0.05, 0.1) is 12.1 Å². The Kier molecular flexibility index (Phi) is 5.82. The summed E-state index contributed by atoms with van der Waals surface area (Å²) in [5, 5.41) is 5.52. The Balaban J connectivity index is 1.40. The summed E-state index contributed by atoms with van der Waals surface area (Å²) >= 11 is 1.45. The number of nitrogens with one attached hydrogen (secondary N) is 1. The van der Waals surface area contributed by atoms with Gasteiger partial charge in [0.15, 0.2) is 5.13 Å². The van der Waals surface area contributed by atoms with Gasteiger partial charge in [0.2, 0.25) is 5.91 Å². The van der Waals surface area contributed by atoms with Crippen molar-refractivity contribution < 1.29 is 4.79 Å². The number of aryl methyl sites for hydroxylation is 1. The third-order valence-electron chi connectivity index (χ3n) is 4.83. The summed E-state index contributed by atoms with van der Waals surface area (Å²) in [4.78, 5) is 16.9. The molecule has 0 aliphatic rings. The number of carbonyl (C=O) groups is 1. The third-order valence-corrected chi connectivity index (χ3v) is 5.59. The predicted molar refractivity (Wildman–Crippen MR) is 121 cm³/mol. The molecule has 1 heterocycles. The van der Waals surface area contributed by atoms with Crippen LogP contribution in [0, 0.1) is 0 Å². The van der Waals surface area contributed by atoms with Gasteiger partial charge in [0.25, 0.3) is 0 Å². The number of aromatic nitrogens is 1. The molecule has 0 fully saturated rings. The molecule has 4 rings (SSSR count). The molecule has 3 aromatic carbocycles. The minimum Gasteiger partial charge on any atom is -0.302 e. The Hall–Kier alpha value is -3.24. The highest BCUT2D eigenvalue weighted by molar-refractivity contribution is 7.14. The third kappa shape index (κ3) is 4.79. The molecule has 0 saturated carbocycles. The summed E-state index contributed by atoms with van der Waals surface area (Å²) in [6.45, 7) is 2.12. The second kappa shape index (κ2) is 8.84. The van der Waals surface area contributed by atoms with Crippen molar-refractivity contribution in [2.45, 2.75) is 19.8 Å². The van der Waals surface area contributed by atoms with Crippen molar-refractivity contribution in [2.24, 2.45) is 0 Å². The van der Waals surface area contributed by atoms with Crippen molar-refractivity contribution in [1.29, 1.82) is 0 Å². The zero-order valence-corrected chi connectivity index (χ0v) is 17.1. The molecule has 0 unspecified atom stereocenters. The van der Waals surface area contributed by atoms with Gasteiger partial charge in [-0.15, -0.1) is 11.3 Å². The van der Waals surface area contributed by atoms with Crippen LogP contribution in [0.1, 0.15) is 18.1 Å². The fourth-order valence-corrected chi connectivity index (χ4v) is 3.91. The van der Waals surface area contributed by atoms with E-state index in [1.807, 2.05) is 35.7 Å². The summed E-state index contributed by atoms with van der Waals surface area (Å²) in [6.07, 6.45) is 1.35. The van der Waals surface area contributed by atoms with Crippen LogP contribution in [0.2, 0.25) is 0 Å². The normalized spacial score (nSPS) is 10.7. The van der Waals surface area contributed by atoms with Gasteiger partial charge < -0.3 is 5.32 Å². The number of carbonyl (C=O) groups excluding carboxylic acids is 1. The highest BCUT2D eigenvalue weighted by atomic mass is 32.1. The van der Waals surface area contributed by atoms with Crippen LogP contribution in [-0.4, -0.2) is 10.9 Å². The van der Waals surface area contributed by atoms with Crippen molar-refractivity contribution in [1.82, 2.24) is 4.98 Å². The highest BCUT2D eigenvalue weighted by Gasteiger charge is 2.09. The Morgan fingerprint density at radius 1 is 0.828 bits per heavy atom. The maximum absolute atomic E-state index is 12.3. The first-order chi connectivity index (χ1) is 14.2. The molecule has 29 heavy (non-hydrogen) atoms. The highest BCUT2D eigenvalue weighted by Crippen LogP contribution is 2.27. The van der Waals surface area contributed by atoms with E-state index in [1.165, 1.54) is 28.0 Å². The number of hydrogen-bond acceptors (Lipinski definition) is 3. The Labute approximate surface area is 175 Å². The van der Waals surface area contributed by atoms with Crippen molar-refractivity contribution in [3.8, 4) is 22.4 Å². The summed E-state index contributed by atoms with van der Waals surface area (Å²) in [5.41, 5.74) is 6.56. The monoisotopic (exact) mass is 398 g/mol. The van der Waals surface area contributed by atoms with Crippen LogP contribution in [-0.2, 0) is 17.6 Å². The molecule has 0 radical (unpaired) electrons. The largest absolute Gasteiger partial charge is 0.302 e. The molecule has 4 heteroatoms. The first-order valence-electron chi connectivity index (χ1n) is 9.70. The van der Waals surface area contributed by atoms with Crippen LogP contribution >= 0.6 is 11.3 Å². The Morgan fingerprint density at radius 2 is 1.45 bits per heavy atom. The minimum absolute atomic E-state index is 0.0467. The van der Waals surface area contributed by atoms with E-state index in [0.717, 1.165) is 23.2 Å². The number of anilines is 1. The van der Waals surface area contributed by atoms with Gasteiger partial charge in [0, 0.05) is 10.9 Å². The second-order valence-corrected chi connectivity index (χ2v) is 7.73. The summed E-state index contributed by atoms with van der Waals surface area (Å²) in [6, 6.07) is 26.8. The van der Waals surface area contributed by atoms with Crippen molar-refractivity contribution in [2.75, 3.05) is 5.32 Å². The van der Waals surface area contributed by atoms with E-state index in [4.69, 9.17) is 0 Å². The van der Waals surface area contributed by atoms with Crippen LogP contribution in [0.5, 0.6) is 0 Å². The zero-order chi connectivity index (χ0) is 20.1. The average Bonchev–Trinajstić information content (AvgIpc) is 3.23. The van der Waals surface area contributed by atoms with Gasteiger partial charge in [-0.3, -0.25) is 4.79 Å². The van der Waals surface area contributed by atoms with Gasteiger partial charge in [-0.1, -0.05) is 85.8 Å². The van der Waals surface area contributed by atoms with Crippen molar-refractivity contribution >= 4 is 22.4 Å². The standard InChI is InChI=1S/C25H22N2OS/c1-2-18-8-10-19(11-9-18)16-24(28)27-25-26-23(17-29-25)22-14-12-21(13-15-22)20-6-4-3-5-7-20/h3-15,17H,2,16H2,1H3,(H,26,27,28). The maximum Gasteiger partial charge on any atom is 0.230 e. The number of benzene rings is 3. The molecule has 0 atom stereocenters. The Bertz CT molecular complexity index is 1080. The molecule has 0 spiro atoms. The molecule has 3 nitrogen and oxygen atoms in total. The fraction of sp³-hybridized carbons (Fsp3) is 0.120. The second-order valence-electron chi connectivity index (χ2n) is 6.88. The number of hydrogen-bond donors (Lipinski definition) is 1. The number of thiazole rings is 1.